The molecule has 2 nitrogen and oxygen atoms in total. The van der Waals surface area contributed by atoms with Crippen LogP contribution in [-0.2, 0) is 0 Å². The van der Waals surface area contributed by atoms with Crippen LogP contribution >= 0.6 is 0 Å². The van der Waals surface area contributed by atoms with Crippen molar-refractivity contribution in [2.24, 2.45) is 0 Å². The highest BCUT2D eigenvalue weighted by atomic mass is 28.3. The van der Waals surface area contributed by atoms with E-state index >= 15 is 0 Å². The van der Waals surface area contributed by atoms with Crippen molar-refractivity contribution < 1.29 is 4.79 Å². The molecule has 21 heavy (non-hydrogen) atoms. The van der Waals surface area contributed by atoms with Gasteiger partial charge < -0.3 is 4.90 Å². The topological polar surface area (TPSA) is 20.3 Å². The molecule has 1 rings (SSSR count). The molecule has 0 aliphatic rings. The van der Waals surface area contributed by atoms with Crippen LogP contribution in [0.4, 0.5) is 0 Å². The van der Waals surface area contributed by atoms with Gasteiger partial charge in [-0.2, -0.15) is 0 Å². The predicted octanol–water partition coefficient (Wildman–Crippen LogP) is 4.93. The molecule has 118 valence electrons. The standard InChI is InChI=1S/C18H31NOSi/c1-13(2)19(14(3)4)18(20)17-12-10-9-11-16(17)15(5)21(6,7)8/h9-15H,1-8H3/t15-/m0/s1. The number of amides is 1. The van der Waals surface area contributed by atoms with E-state index in [9.17, 15) is 4.79 Å². The fraction of sp³-hybridized carbons (Fsp3) is 0.611. The number of benzene rings is 1. The zero-order valence-electron chi connectivity index (χ0n) is 14.9. The molecule has 0 N–H and O–H groups in total. The number of carbonyl (C=O) groups is 1. The Kier molecular flexibility index (Phi) is 5.80. The second kappa shape index (κ2) is 6.78. The van der Waals surface area contributed by atoms with Crippen molar-refractivity contribution in [3.63, 3.8) is 0 Å². The normalized spacial score (nSPS) is 13.6. The third-order valence-corrected chi connectivity index (χ3v) is 7.21. The monoisotopic (exact) mass is 305 g/mol. The summed E-state index contributed by atoms with van der Waals surface area (Å²) in [5.41, 5.74) is 2.57. The van der Waals surface area contributed by atoms with E-state index in [-0.39, 0.29) is 18.0 Å². The minimum atomic E-state index is -1.34. The maximum Gasteiger partial charge on any atom is 0.254 e. The smallest absolute Gasteiger partial charge is 0.254 e. The minimum absolute atomic E-state index is 0.167. The lowest BCUT2D eigenvalue weighted by molar-refractivity contribution is 0.0642. The van der Waals surface area contributed by atoms with Crippen molar-refractivity contribution in [1.82, 2.24) is 4.90 Å². The van der Waals surface area contributed by atoms with Gasteiger partial charge in [0.2, 0.25) is 0 Å². The molecule has 0 unspecified atom stereocenters. The Hall–Kier alpha value is -1.09. The molecule has 1 aromatic carbocycles. The van der Waals surface area contributed by atoms with Crippen molar-refractivity contribution in [3.05, 3.63) is 35.4 Å². The molecule has 0 spiro atoms. The van der Waals surface area contributed by atoms with E-state index in [0.29, 0.717) is 5.54 Å². The van der Waals surface area contributed by atoms with E-state index in [2.05, 4.69) is 66.4 Å². The fourth-order valence-corrected chi connectivity index (χ4v) is 3.92. The van der Waals surface area contributed by atoms with Crippen molar-refractivity contribution in [3.8, 4) is 0 Å². The number of hydrogen-bond donors (Lipinski definition) is 0. The van der Waals surface area contributed by atoms with Crippen molar-refractivity contribution in [2.45, 2.75) is 71.9 Å². The number of hydrogen-bond acceptors (Lipinski definition) is 1. The van der Waals surface area contributed by atoms with Gasteiger partial charge in [-0.05, 0) is 44.9 Å². The van der Waals surface area contributed by atoms with E-state index in [1.165, 1.54) is 5.56 Å². The molecular weight excluding hydrogens is 274 g/mol. The van der Waals surface area contributed by atoms with Crippen LogP contribution in [-0.4, -0.2) is 31.0 Å². The molecule has 0 saturated carbocycles. The molecule has 0 radical (unpaired) electrons. The Morgan fingerprint density at radius 3 is 1.86 bits per heavy atom. The van der Waals surface area contributed by atoms with Crippen LogP contribution < -0.4 is 0 Å². The second-order valence-corrected chi connectivity index (χ2v) is 13.2. The maximum absolute atomic E-state index is 13.0. The summed E-state index contributed by atoms with van der Waals surface area (Å²) < 4.78 is 0. The van der Waals surface area contributed by atoms with Crippen LogP contribution in [0.5, 0.6) is 0 Å². The first-order valence-corrected chi connectivity index (χ1v) is 11.6. The first-order valence-electron chi connectivity index (χ1n) is 7.99. The van der Waals surface area contributed by atoms with Crippen molar-refractivity contribution in [2.75, 3.05) is 0 Å². The van der Waals surface area contributed by atoms with Gasteiger partial charge in [-0.25, -0.2) is 0 Å². The SMILES string of the molecule is CC(C)N(C(=O)c1ccccc1[C@H](C)[Si](C)(C)C)C(C)C. The lowest BCUT2D eigenvalue weighted by Gasteiger charge is -2.33. The van der Waals surface area contributed by atoms with E-state index in [0.717, 1.165) is 5.56 Å². The summed E-state index contributed by atoms with van der Waals surface area (Å²) in [5, 5.41) is 0. The quantitative estimate of drug-likeness (QED) is 0.707. The van der Waals surface area contributed by atoms with Gasteiger partial charge in [0.1, 0.15) is 0 Å². The fourth-order valence-electron chi connectivity index (χ4n) is 2.74. The van der Waals surface area contributed by atoms with Crippen LogP contribution in [0.3, 0.4) is 0 Å². The van der Waals surface area contributed by atoms with Crippen molar-refractivity contribution >= 4 is 14.0 Å². The molecule has 1 atom stereocenters. The zero-order valence-corrected chi connectivity index (χ0v) is 15.9. The maximum atomic E-state index is 13.0. The van der Waals surface area contributed by atoms with E-state index in [1.807, 2.05) is 17.0 Å². The average molecular weight is 306 g/mol. The third-order valence-electron chi connectivity index (χ3n) is 4.30. The molecule has 0 aliphatic heterocycles. The largest absolute Gasteiger partial charge is 0.334 e. The minimum Gasteiger partial charge on any atom is -0.334 e. The molecule has 0 fully saturated rings. The summed E-state index contributed by atoms with van der Waals surface area (Å²) in [4.78, 5) is 15.0. The highest BCUT2D eigenvalue weighted by Gasteiger charge is 2.29. The third kappa shape index (κ3) is 4.19. The van der Waals surface area contributed by atoms with Gasteiger partial charge in [-0.15, -0.1) is 0 Å². The molecule has 0 heterocycles. The van der Waals surface area contributed by atoms with Crippen LogP contribution in [0, 0.1) is 0 Å². The highest BCUT2D eigenvalue weighted by molar-refractivity contribution is 6.77. The van der Waals surface area contributed by atoms with Gasteiger partial charge in [-0.1, -0.05) is 44.8 Å². The summed E-state index contributed by atoms with van der Waals surface area (Å²) in [5.74, 6) is 0.167. The lowest BCUT2D eigenvalue weighted by atomic mass is 10.0. The summed E-state index contributed by atoms with van der Waals surface area (Å²) in [6, 6.07) is 8.59. The van der Waals surface area contributed by atoms with Gasteiger partial charge in [0.05, 0.1) is 8.07 Å². The molecule has 3 heteroatoms. The number of carbonyl (C=O) groups excluding carboxylic acids is 1. The molecule has 0 saturated heterocycles. The first-order chi connectivity index (χ1) is 9.57. The summed E-state index contributed by atoms with van der Waals surface area (Å²) in [6.07, 6.45) is 0. The van der Waals surface area contributed by atoms with Crippen LogP contribution in [0.15, 0.2) is 24.3 Å². The number of nitrogens with zero attached hydrogens (tertiary/aromatic N) is 1. The first kappa shape index (κ1) is 18.0. The second-order valence-electron chi connectivity index (χ2n) is 7.57. The van der Waals surface area contributed by atoms with Crippen LogP contribution in [0.2, 0.25) is 19.6 Å². The van der Waals surface area contributed by atoms with Gasteiger partial charge in [0, 0.05) is 17.6 Å². The number of rotatable bonds is 5. The predicted molar refractivity (Wildman–Crippen MR) is 94.6 cm³/mol. The summed E-state index contributed by atoms with van der Waals surface area (Å²) in [6.45, 7) is 17.7. The molecule has 1 aromatic rings. The molecule has 0 aromatic heterocycles. The van der Waals surface area contributed by atoms with Gasteiger partial charge in [-0.3, -0.25) is 4.79 Å². The molecule has 0 bridgehead atoms. The van der Waals surface area contributed by atoms with Crippen molar-refractivity contribution in [1.29, 1.82) is 0 Å². The van der Waals surface area contributed by atoms with E-state index < -0.39 is 8.07 Å². The van der Waals surface area contributed by atoms with Gasteiger partial charge in [0.25, 0.3) is 5.91 Å². The van der Waals surface area contributed by atoms with Crippen LogP contribution in [0.25, 0.3) is 0 Å². The average Bonchev–Trinajstić information content (AvgIpc) is 2.35. The Labute approximate surface area is 131 Å². The molecule has 0 aliphatic carbocycles. The lowest BCUT2D eigenvalue weighted by Crippen LogP contribution is -2.43. The van der Waals surface area contributed by atoms with E-state index in [1.54, 1.807) is 0 Å². The molecular formula is C18H31NOSi. The van der Waals surface area contributed by atoms with Gasteiger partial charge >= 0.3 is 0 Å². The van der Waals surface area contributed by atoms with E-state index in [4.69, 9.17) is 0 Å². The Morgan fingerprint density at radius 1 is 0.952 bits per heavy atom. The summed E-state index contributed by atoms with van der Waals surface area (Å²) >= 11 is 0. The highest BCUT2D eigenvalue weighted by Crippen LogP contribution is 2.30. The Morgan fingerprint density at radius 2 is 1.43 bits per heavy atom. The van der Waals surface area contributed by atoms with Gasteiger partial charge in [0.15, 0.2) is 0 Å². The van der Waals surface area contributed by atoms with Crippen LogP contribution in [0.1, 0.15) is 56.1 Å². The molecule has 1 amide bonds. The Bertz CT molecular complexity index is 480. The zero-order chi connectivity index (χ0) is 16.4. The summed E-state index contributed by atoms with van der Waals surface area (Å²) in [7, 11) is -1.34. The Balaban J connectivity index is 3.28.